The molecule has 1 aliphatic heterocycles. The predicted molar refractivity (Wildman–Crippen MR) is 70.1 cm³/mol. The van der Waals surface area contributed by atoms with Crippen molar-refractivity contribution in [3.05, 3.63) is 0 Å². The summed E-state index contributed by atoms with van der Waals surface area (Å²) in [5.74, 6) is -0.685. The van der Waals surface area contributed by atoms with E-state index in [2.05, 4.69) is 17.6 Å². The molecule has 1 fully saturated rings. The van der Waals surface area contributed by atoms with Gasteiger partial charge in [0.05, 0.1) is 0 Å². The number of carbonyl (C=O) groups is 2. The summed E-state index contributed by atoms with van der Waals surface area (Å²) in [6.45, 7) is 6.85. The molecule has 0 amide bonds. The van der Waals surface area contributed by atoms with Gasteiger partial charge in [-0.3, -0.25) is 14.5 Å². The van der Waals surface area contributed by atoms with Crippen LogP contribution in [-0.4, -0.2) is 47.7 Å². The van der Waals surface area contributed by atoms with Crippen LogP contribution in [0.1, 0.15) is 33.6 Å². The van der Waals surface area contributed by atoms with Gasteiger partial charge in [-0.05, 0) is 47.2 Å². The summed E-state index contributed by atoms with van der Waals surface area (Å²) in [6, 6.07) is -0.218. The summed E-state index contributed by atoms with van der Waals surface area (Å²) in [5, 5.41) is 8.54. The summed E-state index contributed by atoms with van der Waals surface area (Å²) < 4.78 is 4.55. The van der Waals surface area contributed by atoms with Gasteiger partial charge in [0.25, 0.3) is 6.47 Å². The molecule has 1 rings (SSSR count). The van der Waals surface area contributed by atoms with Crippen molar-refractivity contribution in [3.8, 4) is 12.8 Å². The summed E-state index contributed by atoms with van der Waals surface area (Å²) in [5.41, 5.74) is -0.318. The van der Waals surface area contributed by atoms with E-state index in [1.807, 2.05) is 32.7 Å². The van der Waals surface area contributed by atoms with E-state index in [9.17, 15) is 9.59 Å². The molecule has 1 saturated heterocycles. The van der Waals surface area contributed by atoms with Crippen LogP contribution in [0.5, 0.6) is 0 Å². The quantitative estimate of drug-likeness (QED) is 0.598. The van der Waals surface area contributed by atoms with Crippen LogP contribution < -0.4 is 0 Å². The average molecular weight is 257 g/mol. The smallest absolute Gasteiger partial charge is 0.320 e. The van der Waals surface area contributed by atoms with Crippen molar-refractivity contribution >= 4 is 12.4 Å². The van der Waals surface area contributed by atoms with Gasteiger partial charge >= 0.3 is 5.97 Å². The fourth-order valence-electron chi connectivity index (χ4n) is 1.37. The molecule has 1 atom stereocenters. The largest absolute Gasteiger partial charge is 0.480 e. The summed E-state index contributed by atoms with van der Waals surface area (Å²) >= 11 is 0. The lowest BCUT2D eigenvalue weighted by Crippen LogP contribution is -2.32. The highest BCUT2D eigenvalue weighted by Gasteiger charge is 2.26. The summed E-state index contributed by atoms with van der Waals surface area (Å²) in [4.78, 5) is 21.8. The first-order valence-corrected chi connectivity index (χ1v) is 5.66. The van der Waals surface area contributed by atoms with Crippen LogP contribution in [0.15, 0.2) is 0 Å². The minimum atomic E-state index is -0.685. The number of rotatable bonds is 2. The third-order valence-corrected chi connectivity index (χ3v) is 2.21. The molecule has 5 heteroatoms. The SMILES string of the molecule is C#C.CC(C)(C)OC=O.CN1CCC[C@H]1C(=O)O. The van der Waals surface area contributed by atoms with E-state index in [0.717, 1.165) is 19.4 Å². The average Bonchev–Trinajstić information content (AvgIpc) is 2.66. The minimum absolute atomic E-state index is 0.218. The van der Waals surface area contributed by atoms with Gasteiger partial charge in [0, 0.05) is 0 Å². The predicted octanol–water partition coefficient (Wildman–Crippen LogP) is 1.37. The molecule has 0 aromatic rings. The van der Waals surface area contributed by atoms with Gasteiger partial charge in [0.2, 0.25) is 0 Å². The first-order valence-electron chi connectivity index (χ1n) is 5.66. The summed E-state index contributed by atoms with van der Waals surface area (Å²) in [6.07, 6.45) is 9.83. The van der Waals surface area contributed by atoms with E-state index in [0.29, 0.717) is 6.47 Å². The van der Waals surface area contributed by atoms with Gasteiger partial charge in [-0.1, -0.05) is 0 Å². The van der Waals surface area contributed by atoms with Crippen molar-refractivity contribution in [3.63, 3.8) is 0 Å². The molecule has 0 spiro atoms. The van der Waals surface area contributed by atoms with Gasteiger partial charge in [-0.15, -0.1) is 12.8 Å². The molecule has 18 heavy (non-hydrogen) atoms. The van der Waals surface area contributed by atoms with Crippen LogP contribution in [0, 0.1) is 12.8 Å². The number of likely N-dealkylation sites (tertiary alicyclic amines) is 1. The highest BCUT2D eigenvalue weighted by atomic mass is 16.5. The maximum Gasteiger partial charge on any atom is 0.320 e. The molecule has 0 aliphatic carbocycles. The molecule has 1 heterocycles. The van der Waals surface area contributed by atoms with Crippen molar-refractivity contribution in [1.29, 1.82) is 0 Å². The molecule has 0 aromatic carbocycles. The van der Waals surface area contributed by atoms with E-state index in [4.69, 9.17) is 5.11 Å². The lowest BCUT2D eigenvalue weighted by Gasteiger charge is -2.14. The monoisotopic (exact) mass is 257 g/mol. The van der Waals surface area contributed by atoms with Crippen molar-refractivity contribution in [1.82, 2.24) is 4.90 Å². The maximum atomic E-state index is 10.4. The molecule has 0 unspecified atom stereocenters. The highest BCUT2D eigenvalue weighted by Crippen LogP contribution is 2.13. The Balaban J connectivity index is 0. The van der Waals surface area contributed by atoms with Crippen molar-refractivity contribution < 1.29 is 19.4 Å². The Bertz CT molecular complexity index is 268. The van der Waals surface area contributed by atoms with Gasteiger partial charge in [0.15, 0.2) is 0 Å². The number of carboxylic acids is 1. The van der Waals surface area contributed by atoms with Crippen LogP contribution in [0.2, 0.25) is 0 Å². The van der Waals surface area contributed by atoms with Crippen LogP contribution in [0.25, 0.3) is 0 Å². The number of aliphatic carboxylic acids is 1. The fraction of sp³-hybridized carbons (Fsp3) is 0.692. The molecule has 1 aliphatic rings. The van der Waals surface area contributed by atoms with Crippen molar-refractivity contribution in [2.24, 2.45) is 0 Å². The third-order valence-electron chi connectivity index (χ3n) is 2.21. The molecule has 5 nitrogen and oxygen atoms in total. The van der Waals surface area contributed by atoms with E-state index in [1.54, 1.807) is 0 Å². The first-order chi connectivity index (χ1) is 8.28. The molecule has 1 N–H and O–H groups in total. The second-order valence-electron chi connectivity index (χ2n) is 4.80. The number of hydrogen-bond donors (Lipinski definition) is 1. The molecule has 0 aromatic heterocycles. The number of likely N-dealkylation sites (N-methyl/N-ethyl adjacent to an activating group) is 1. The molecular formula is C13H23NO4. The topological polar surface area (TPSA) is 66.8 Å². The number of carboxylic acid groups (broad SMARTS) is 1. The first kappa shape index (κ1) is 18.8. The second kappa shape index (κ2) is 9.49. The minimum Gasteiger partial charge on any atom is -0.480 e. The fourth-order valence-corrected chi connectivity index (χ4v) is 1.37. The maximum absolute atomic E-state index is 10.4. The van der Waals surface area contributed by atoms with Gasteiger partial charge in [-0.2, -0.15) is 0 Å². The Kier molecular flexibility index (Phi) is 9.92. The Labute approximate surface area is 109 Å². The molecule has 0 saturated carbocycles. The van der Waals surface area contributed by atoms with Crippen molar-refractivity contribution in [2.75, 3.05) is 13.6 Å². The van der Waals surface area contributed by atoms with E-state index in [-0.39, 0.29) is 11.6 Å². The Morgan fingerprint density at radius 3 is 2.06 bits per heavy atom. The molecule has 0 radical (unpaired) electrons. The standard InChI is InChI=1S/C6H11NO2.C5H10O2.C2H2/c1-7-4-2-3-5(7)6(8)9;1-5(2,3)7-4-6;1-2/h5H,2-4H2,1H3,(H,8,9);4H,1-3H3;1-2H/t5-;;/m0../s1. The van der Waals surface area contributed by atoms with Crippen LogP contribution in [-0.2, 0) is 14.3 Å². The molecule has 104 valence electrons. The van der Waals surface area contributed by atoms with Gasteiger partial charge < -0.3 is 9.84 Å². The zero-order chi connectivity index (χ0) is 14.8. The van der Waals surface area contributed by atoms with E-state index >= 15 is 0 Å². The number of nitrogens with zero attached hydrogens (tertiary/aromatic N) is 1. The lowest BCUT2D eigenvalue weighted by atomic mass is 10.2. The van der Waals surface area contributed by atoms with Gasteiger partial charge in [0.1, 0.15) is 11.6 Å². The Morgan fingerprint density at radius 1 is 1.44 bits per heavy atom. The van der Waals surface area contributed by atoms with Crippen LogP contribution in [0.4, 0.5) is 0 Å². The highest BCUT2D eigenvalue weighted by molar-refractivity contribution is 5.73. The van der Waals surface area contributed by atoms with E-state index < -0.39 is 5.97 Å². The summed E-state index contributed by atoms with van der Waals surface area (Å²) in [7, 11) is 1.85. The third kappa shape index (κ3) is 9.67. The zero-order valence-electron chi connectivity index (χ0n) is 11.5. The number of terminal acetylenes is 1. The van der Waals surface area contributed by atoms with Gasteiger partial charge in [-0.25, -0.2) is 0 Å². The number of ether oxygens (including phenoxy) is 1. The lowest BCUT2D eigenvalue weighted by molar-refractivity contribution is -0.141. The van der Waals surface area contributed by atoms with Crippen LogP contribution in [0.3, 0.4) is 0 Å². The van der Waals surface area contributed by atoms with E-state index in [1.165, 1.54) is 0 Å². The second-order valence-corrected chi connectivity index (χ2v) is 4.80. The number of carbonyl (C=O) groups excluding carboxylic acids is 1. The molecule has 0 bridgehead atoms. The normalized spacial score (nSPS) is 18.7. The van der Waals surface area contributed by atoms with Crippen molar-refractivity contribution in [2.45, 2.75) is 45.3 Å². The molecular weight excluding hydrogens is 234 g/mol. The van der Waals surface area contributed by atoms with Crippen LogP contribution >= 0.6 is 0 Å². The number of hydrogen-bond acceptors (Lipinski definition) is 4. The Morgan fingerprint density at radius 2 is 1.94 bits per heavy atom. The zero-order valence-corrected chi connectivity index (χ0v) is 11.5. The Hall–Kier alpha value is -1.54.